The lowest BCUT2D eigenvalue weighted by Crippen LogP contribution is -1.72. The van der Waals surface area contributed by atoms with E-state index < -0.39 is 0 Å². The first-order valence-electron chi connectivity index (χ1n) is 3.62. The van der Waals surface area contributed by atoms with E-state index in [1.54, 1.807) is 0 Å². The minimum Gasteiger partial charge on any atom is -0.358 e. The first-order valence-corrected chi connectivity index (χ1v) is 5.20. The number of nitrogens with one attached hydrogen (secondary N) is 1. The number of H-pyrrole nitrogens is 1. The molecule has 1 heterocycles. The molecule has 0 bridgehead atoms. The van der Waals surface area contributed by atoms with Crippen molar-refractivity contribution in [1.29, 1.82) is 0 Å². The van der Waals surface area contributed by atoms with Gasteiger partial charge in [-0.1, -0.05) is 15.9 Å². The Hall–Kier alpha value is -0.280. The van der Waals surface area contributed by atoms with Crippen molar-refractivity contribution in [2.24, 2.45) is 0 Å². The molecule has 2 aromatic rings. The van der Waals surface area contributed by atoms with E-state index in [1.807, 2.05) is 12.1 Å². The fourth-order valence-electron chi connectivity index (χ4n) is 1.29. The number of halogens is 2. The summed E-state index contributed by atoms with van der Waals surface area (Å²) in [7, 11) is 0. The Morgan fingerprint density at radius 1 is 1.17 bits per heavy atom. The van der Waals surface area contributed by atoms with Crippen LogP contribution < -0.4 is 0 Å². The van der Waals surface area contributed by atoms with Crippen LogP contribution >= 0.6 is 31.9 Å². The third-order valence-corrected chi connectivity index (χ3v) is 3.18. The van der Waals surface area contributed by atoms with Crippen LogP contribution in [0.4, 0.5) is 0 Å². The fourth-order valence-corrected chi connectivity index (χ4v) is 2.18. The molecule has 0 fully saturated rings. The van der Waals surface area contributed by atoms with Crippen LogP contribution in [0.2, 0.25) is 0 Å². The lowest BCUT2D eigenvalue weighted by atomic mass is 10.2. The second-order valence-electron chi connectivity index (χ2n) is 2.77. The van der Waals surface area contributed by atoms with Crippen molar-refractivity contribution in [1.82, 2.24) is 4.98 Å². The monoisotopic (exact) mass is 287 g/mol. The van der Waals surface area contributed by atoms with Gasteiger partial charge in [0.25, 0.3) is 0 Å². The molecule has 0 aliphatic heterocycles. The molecule has 2 rings (SSSR count). The number of hydrogen-bond donors (Lipinski definition) is 1. The maximum atomic E-state index is 3.50. The fraction of sp³-hybridized carbons (Fsp3) is 0.111. The zero-order valence-electron chi connectivity index (χ0n) is 6.49. The van der Waals surface area contributed by atoms with Gasteiger partial charge in [0.2, 0.25) is 0 Å². The molecule has 12 heavy (non-hydrogen) atoms. The summed E-state index contributed by atoms with van der Waals surface area (Å²) >= 11 is 7.00. The smallest absolute Gasteiger partial charge is 0.0611 e. The van der Waals surface area contributed by atoms with Gasteiger partial charge in [-0.05, 0) is 41.1 Å². The van der Waals surface area contributed by atoms with E-state index in [2.05, 4.69) is 49.8 Å². The zero-order chi connectivity index (χ0) is 8.72. The highest BCUT2D eigenvalue weighted by Gasteiger charge is 2.04. The van der Waals surface area contributed by atoms with Crippen LogP contribution in [0.25, 0.3) is 10.9 Å². The highest BCUT2D eigenvalue weighted by atomic mass is 79.9. The number of aromatic nitrogens is 1. The summed E-state index contributed by atoms with van der Waals surface area (Å²) < 4.78 is 2.24. The molecule has 0 aliphatic carbocycles. The summed E-state index contributed by atoms with van der Waals surface area (Å²) in [5.74, 6) is 0. The van der Waals surface area contributed by atoms with Crippen molar-refractivity contribution in [2.75, 3.05) is 0 Å². The molecular weight excluding hydrogens is 282 g/mol. The van der Waals surface area contributed by atoms with Crippen LogP contribution in [0.1, 0.15) is 5.69 Å². The van der Waals surface area contributed by atoms with E-state index in [-0.39, 0.29) is 0 Å². The number of fused-ring (bicyclic) bond motifs is 1. The van der Waals surface area contributed by atoms with E-state index >= 15 is 0 Å². The molecule has 0 saturated heterocycles. The number of aromatic amines is 1. The van der Waals surface area contributed by atoms with Gasteiger partial charge in [0.15, 0.2) is 0 Å². The van der Waals surface area contributed by atoms with Crippen LogP contribution in [0.15, 0.2) is 27.1 Å². The topological polar surface area (TPSA) is 15.8 Å². The minimum atomic E-state index is 1.11. The van der Waals surface area contributed by atoms with Gasteiger partial charge < -0.3 is 4.98 Å². The quantitative estimate of drug-likeness (QED) is 0.754. The van der Waals surface area contributed by atoms with E-state index in [9.17, 15) is 0 Å². The summed E-state index contributed by atoms with van der Waals surface area (Å²) in [6, 6.07) is 6.20. The Balaban J connectivity index is 2.93. The average molecular weight is 289 g/mol. The molecule has 1 N–H and O–H groups in total. The summed E-state index contributed by atoms with van der Waals surface area (Å²) in [5.41, 5.74) is 2.33. The van der Waals surface area contributed by atoms with Crippen molar-refractivity contribution in [3.63, 3.8) is 0 Å². The molecule has 3 heteroatoms. The molecule has 0 radical (unpaired) electrons. The first-order chi connectivity index (χ1) is 5.68. The molecule has 0 spiro atoms. The van der Waals surface area contributed by atoms with E-state index in [0.29, 0.717) is 0 Å². The molecule has 1 aromatic heterocycles. The predicted octanol–water partition coefficient (Wildman–Crippen LogP) is 4.00. The van der Waals surface area contributed by atoms with Crippen molar-refractivity contribution in [2.45, 2.75) is 6.92 Å². The molecule has 1 aromatic carbocycles. The van der Waals surface area contributed by atoms with Crippen LogP contribution in [-0.4, -0.2) is 4.98 Å². The maximum absolute atomic E-state index is 3.50. The number of hydrogen-bond acceptors (Lipinski definition) is 0. The largest absolute Gasteiger partial charge is 0.358 e. The Morgan fingerprint density at radius 2 is 1.83 bits per heavy atom. The second kappa shape index (κ2) is 2.89. The van der Waals surface area contributed by atoms with Crippen molar-refractivity contribution < 1.29 is 0 Å². The van der Waals surface area contributed by atoms with Gasteiger partial charge >= 0.3 is 0 Å². The molecule has 62 valence electrons. The van der Waals surface area contributed by atoms with Crippen molar-refractivity contribution in [3.05, 3.63) is 32.8 Å². The molecule has 1 nitrogen and oxygen atoms in total. The Kier molecular flexibility index (Phi) is 2.00. The maximum Gasteiger partial charge on any atom is 0.0611 e. The summed E-state index contributed by atoms with van der Waals surface area (Å²) in [4.78, 5) is 3.29. The molecule has 0 amide bonds. The van der Waals surface area contributed by atoms with Crippen LogP contribution in [0, 0.1) is 6.92 Å². The second-order valence-corrected chi connectivity index (χ2v) is 4.48. The summed E-state index contributed by atoms with van der Waals surface area (Å²) in [5, 5.41) is 1.22. The van der Waals surface area contributed by atoms with Gasteiger partial charge in [0.05, 0.1) is 5.52 Å². The molecule has 0 atom stereocenters. The van der Waals surface area contributed by atoms with Gasteiger partial charge in [0, 0.05) is 20.0 Å². The number of aryl methyl sites for hydroxylation is 1. The molecule has 0 aliphatic rings. The molecular formula is C9H7Br2N. The van der Waals surface area contributed by atoms with Crippen molar-refractivity contribution >= 4 is 42.8 Å². The predicted molar refractivity (Wildman–Crippen MR) is 58.4 cm³/mol. The van der Waals surface area contributed by atoms with Crippen LogP contribution in [0.5, 0.6) is 0 Å². The SMILES string of the molecule is Cc1cc2c(Br)ccc(Br)c2[nH]1. The third-order valence-electron chi connectivity index (χ3n) is 1.82. The van der Waals surface area contributed by atoms with Gasteiger partial charge in [-0.15, -0.1) is 0 Å². The Labute approximate surface area is 87.4 Å². The zero-order valence-corrected chi connectivity index (χ0v) is 9.66. The lowest BCUT2D eigenvalue weighted by molar-refractivity contribution is 1.30. The standard InChI is InChI=1S/C9H7Br2N/c1-5-4-6-7(10)2-3-8(11)9(6)12-5/h2-4,12H,1H3. The van der Waals surface area contributed by atoms with E-state index in [4.69, 9.17) is 0 Å². The minimum absolute atomic E-state index is 1.11. The van der Waals surface area contributed by atoms with Crippen LogP contribution in [0.3, 0.4) is 0 Å². The highest BCUT2D eigenvalue weighted by molar-refractivity contribution is 9.11. The normalized spacial score (nSPS) is 10.9. The van der Waals surface area contributed by atoms with Gasteiger partial charge in [0.1, 0.15) is 0 Å². The summed E-state index contributed by atoms with van der Waals surface area (Å²) in [6.45, 7) is 2.05. The average Bonchev–Trinajstić information content (AvgIpc) is 2.41. The first kappa shape index (κ1) is 8.32. The third kappa shape index (κ3) is 1.21. The lowest BCUT2D eigenvalue weighted by Gasteiger charge is -1.95. The summed E-state index contributed by atoms with van der Waals surface area (Å²) in [6.07, 6.45) is 0. The Bertz CT molecular complexity index is 392. The Morgan fingerprint density at radius 3 is 2.50 bits per heavy atom. The van der Waals surface area contributed by atoms with Gasteiger partial charge in [-0.3, -0.25) is 0 Å². The number of benzene rings is 1. The molecule has 0 saturated carbocycles. The van der Waals surface area contributed by atoms with Gasteiger partial charge in [-0.2, -0.15) is 0 Å². The van der Waals surface area contributed by atoms with E-state index in [1.165, 1.54) is 11.1 Å². The molecule has 0 unspecified atom stereocenters. The number of rotatable bonds is 0. The van der Waals surface area contributed by atoms with Crippen LogP contribution in [-0.2, 0) is 0 Å². The van der Waals surface area contributed by atoms with Gasteiger partial charge in [-0.25, -0.2) is 0 Å². The van der Waals surface area contributed by atoms with Crippen molar-refractivity contribution in [3.8, 4) is 0 Å². The van der Waals surface area contributed by atoms with E-state index in [0.717, 1.165) is 14.5 Å². The highest BCUT2D eigenvalue weighted by Crippen LogP contribution is 2.30.